The van der Waals surface area contributed by atoms with Crippen molar-refractivity contribution in [1.29, 1.82) is 0 Å². The second kappa shape index (κ2) is 8.59. The molecule has 0 atom stereocenters. The molecule has 4 nitrogen and oxygen atoms in total. The van der Waals surface area contributed by atoms with E-state index in [2.05, 4.69) is 16.4 Å². The zero-order valence-electron chi connectivity index (χ0n) is 15.2. The summed E-state index contributed by atoms with van der Waals surface area (Å²) >= 11 is 1.74. The summed E-state index contributed by atoms with van der Waals surface area (Å²) in [4.78, 5) is 17.8. The van der Waals surface area contributed by atoms with Gasteiger partial charge in [-0.3, -0.25) is 9.78 Å². The third-order valence-electron chi connectivity index (χ3n) is 4.27. The summed E-state index contributed by atoms with van der Waals surface area (Å²) in [5, 5.41) is 2.95. The lowest BCUT2D eigenvalue weighted by molar-refractivity contribution is 0.102. The summed E-state index contributed by atoms with van der Waals surface area (Å²) < 4.78 is 2.00. The maximum atomic E-state index is 12.5. The minimum atomic E-state index is -0.116. The van der Waals surface area contributed by atoms with Crippen molar-refractivity contribution in [3.63, 3.8) is 0 Å². The van der Waals surface area contributed by atoms with Gasteiger partial charge in [0.25, 0.3) is 5.91 Å². The highest BCUT2D eigenvalue weighted by Gasteiger charge is 2.07. The molecule has 28 heavy (non-hydrogen) atoms. The van der Waals surface area contributed by atoms with Gasteiger partial charge in [-0.1, -0.05) is 6.07 Å². The topological polar surface area (TPSA) is 46.9 Å². The Morgan fingerprint density at radius 3 is 2.36 bits per heavy atom. The molecule has 0 aliphatic carbocycles. The zero-order valence-corrected chi connectivity index (χ0v) is 16.0. The number of nitrogens with one attached hydrogen (secondary N) is 1. The molecule has 0 saturated heterocycles. The first-order chi connectivity index (χ1) is 13.8. The van der Waals surface area contributed by atoms with E-state index in [0.29, 0.717) is 5.56 Å². The van der Waals surface area contributed by atoms with Gasteiger partial charge in [0.1, 0.15) is 0 Å². The molecule has 0 aliphatic heterocycles. The van der Waals surface area contributed by atoms with Gasteiger partial charge >= 0.3 is 0 Å². The second-order valence-electron chi connectivity index (χ2n) is 6.27. The van der Waals surface area contributed by atoms with E-state index in [1.165, 1.54) is 5.56 Å². The highest BCUT2D eigenvalue weighted by Crippen LogP contribution is 2.24. The van der Waals surface area contributed by atoms with Crippen LogP contribution in [-0.2, 0) is 5.75 Å². The van der Waals surface area contributed by atoms with Crippen LogP contribution in [0.15, 0.2) is 102 Å². The molecule has 0 fully saturated rings. The number of benzene rings is 2. The summed E-state index contributed by atoms with van der Waals surface area (Å²) in [7, 11) is 0. The number of rotatable bonds is 6. The van der Waals surface area contributed by atoms with Gasteiger partial charge in [0, 0.05) is 52.4 Å². The molecule has 2 aromatic heterocycles. The summed E-state index contributed by atoms with van der Waals surface area (Å²) in [6.07, 6.45) is 7.61. The largest absolute Gasteiger partial charge is 0.324 e. The fourth-order valence-electron chi connectivity index (χ4n) is 2.78. The van der Waals surface area contributed by atoms with Gasteiger partial charge in [-0.25, -0.2) is 0 Å². The first-order valence-corrected chi connectivity index (χ1v) is 9.93. The van der Waals surface area contributed by atoms with E-state index in [1.807, 2.05) is 89.9 Å². The van der Waals surface area contributed by atoms with Crippen LogP contribution in [0.25, 0.3) is 5.69 Å². The van der Waals surface area contributed by atoms with E-state index in [-0.39, 0.29) is 5.91 Å². The fraction of sp³-hybridized carbons (Fsp3) is 0.0435. The van der Waals surface area contributed by atoms with Crippen LogP contribution in [0.1, 0.15) is 15.9 Å². The number of hydrogen-bond acceptors (Lipinski definition) is 3. The number of pyridine rings is 1. The highest BCUT2D eigenvalue weighted by molar-refractivity contribution is 7.98. The standard InChI is InChI=1S/C23H19N3OS/c27-23(19-5-9-21(10-6-19)26-14-1-2-15-26)25-20-7-11-22(12-8-20)28-17-18-4-3-13-24-16-18/h1-16H,17H2,(H,25,27). The van der Waals surface area contributed by atoms with Gasteiger partial charge in [0.05, 0.1) is 0 Å². The number of nitrogens with zero attached hydrogens (tertiary/aromatic N) is 2. The SMILES string of the molecule is O=C(Nc1ccc(SCc2cccnc2)cc1)c1ccc(-n2cccc2)cc1. The molecule has 4 rings (SSSR count). The summed E-state index contributed by atoms with van der Waals surface area (Å²) in [5.74, 6) is 0.752. The number of thioether (sulfide) groups is 1. The second-order valence-corrected chi connectivity index (χ2v) is 7.31. The number of carbonyl (C=O) groups is 1. The molecule has 1 N–H and O–H groups in total. The van der Waals surface area contributed by atoms with Gasteiger partial charge in [0.2, 0.25) is 0 Å². The molecule has 0 bridgehead atoms. The van der Waals surface area contributed by atoms with E-state index in [0.717, 1.165) is 22.0 Å². The summed E-state index contributed by atoms with van der Waals surface area (Å²) in [5.41, 5.74) is 3.63. The van der Waals surface area contributed by atoms with Crippen LogP contribution >= 0.6 is 11.8 Å². The highest BCUT2D eigenvalue weighted by atomic mass is 32.2. The predicted molar refractivity (Wildman–Crippen MR) is 114 cm³/mol. The number of aromatic nitrogens is 2. The van der Waals surface area contributed by atoms with Gasteiger partial charge in [-0.2, -0.15) is 0 Å². The minimum Gasteiger partial charge on any atom is -0.324 e. The molecule has 0 aliphatic rings. The lowest BCUT2D eigenvalue weighted by Crippen LogP contribution is -2.11. The van der Waals surface area contributed by atoms with E-state index >= 15 is 0 Å². The van der Waals surface area contributed by atoms with Crippen molar-refractivity contribution in [2.75, 3.05) is 5.32 Å². The molecular weight excluding hydrogens is 366 g/mol. The van der Waals surface area contributed by atoms with Crippen LogP contribution in [-0.4, -0.2) is 15.5 Å². The quantitative estimate of drug-likeness (QED) is 0.451. The third kappa shape index (κ3) is 4.50. The van der Waals surface area contributed by atoms with Crippen LogP contribution in [0.2, 0.25) is 0 Å². The van der Waals surface area contributed by atoms with E-state index < -0.39 is 0 Å². The average molecular weight is 385 g/mol. The molecule has 138 valence electrons. The van der Waals surface area contributed by atoms with Crippen molar-refractivity contribution in [3.8, 4) is 5.69 Å². The van der Waals surface area contributed by atoms with Gasteiger partial charge < -0.3 is 9.88 Å². The maximum absolute atomic E-state index is 12.5. The molecule has 0 spiro atoms. The Morgan fingerprint density at radius 1 is 0.929 bits per heavy atom. The smallest absolute Gasteiger partial charge is 0.255 e. The average Bonchev–Trinajstić information content (AvgIpc) is 3.29. The van der Waals surface area contributed by atoms with E-state index in [9.17, 15) is 4.79 Å². The van der Waals surface area contributed by atoms with Gasteiger partial charge in [-0.05, 0) is 72.3 Å². The molecular formula is C23H19N3OS. The van der Waals surface area contributed by atoms with E-state index in [1.54, 1.807) is 18.0 Å². The van der Waals surface area contributed by atoms with Crippen LogP contribution in [0, 0.1) is 0 Å². The summed E-state index contributed by atoms with van der Waals surface area (Å²) in [6, 6.07) is 23.4. The van der Waals surface area contributed by atoms with Gasteiger partial charge in [0.15, 0.2) is 0 Å². The van der Waals surface area contributed by atoms with Crippen molar-refractivity contribution in [3.05, 3.63) is 109 Å². The Kier molecular flexibility index (Phi) is 5.54. The van der Waals surface area contributed by atoms with Crippen LogP contribution in [0.3, 0.4) is 0 Å². The molecule has 0 radical (unpaired) electrons. The monoisotopic (exact) mass is 385 g/mol. The lowest BCUT2D eigenvalue weighted by Gasteiger charge is -2.08. The minimum absolute atomic E-state index is 0.116. The summed E-state index contributed by atoms with van der Waals surface area (Å²) in [6.45, 7) is 0. The number of amides is 1. The van der Waals surface area contributed by atoms with Crippen LogP contribution in [0.5, 0.6) is 0 Å². The van der Waals surface area contributed by atoms with Crippen molar-refractivity contribution in [1.82, 2.24) is 9.55 Å². The Bertz CT molecular complexity index is 1030. The number of carbonyl (C=O) groups excluding carboxylic acids is 1. The fourth-order valence-corrected chi connectivity index (χ4v) is 3.61. The molecule has 2 aromatic carbocycles. The van der Waals surface area contributed by atoms with Crippen molar-refractivity contribution in [2.24, 2.45) is 0 Å². The van der Waals surface area contributed by atoms with Crippen molar-refractivity contribution >= 4 is 23.4 Å². The van der Waals surface area contributed by atoms with Crippen molar-refractivity contribution in [2.45, 2.75) is 10.6 Å². The van der Waals surface area contributed by atoms with Crippen molar-refractivity contribution < 1.29 is 4.79 Å². The normalized spacial score (nSPS) is 10.6. The Labute approximate surface area is 168 Å². The third-order valence-corrected chi connectivity index (χ3v) is 5.36. The zero-order chi connectivity index (χ0) is 19.2. The maximum Gasteiger partial charge on any atom is 0.255 e. The Balaban J connectivity index is 1.35. The van der Waals surface area contributed by atoms with Crippen LogP contribution in [0.4, 0.5) is 5.69 Å². The van der Waals surface area contributed by atoms with Gasteiger partial charge in [-0.15, -0.1) is 11.8 Å². The first kappa shape index (κ1) is 18.1. The van der Waals surface area contributed by atoms with E-state index in [4.69, 9.17) is 0 Å². The Hall–Kier alpha value is -3.31. The first-order valence-electron chi connectivity index (χ1n) is 8.94. The molecule has 2 heterocycles. The molecule has 5 heteroatoms. The lowest BCUT2D eigenvalue weighted by atomic mass is 10.2. The Morgan fingerprint density at radius 2 is 1.68 bits per heavy atom. The van der Waals surface area contributed by atoms with Crippen LogP contribution < -0.4 is 5.32 Å². The molecule has 4 aromatic rings. The molecule has 0 unspecified atom stereocenters. The predicted octanol–water partition coefficient (Wildman–Crippen LogP) is 5.42. The number of anilines is 1. The molecule has 1 amide bonds. The number of hydrogen-bond donors (Lipinski definition) is 1. The molecule has 0 saturated carbocycles.